The summed E-state index contributed by atoms with van der Waals surface area (Å²) in [5.74, 6) is 0.174. The number of aromatic nitrogens is 1. The summed E-state index contributed by atoms with van der Waals surface area (Å²) in [6, 6.07) is 14.7. The number of fused-ring (bicyclic) bond motifs is 1. The molecule has 0 spiro atoms. The van der Waals surface area contributed by atoms with Crippen LogP contribution in [0, 0.1) is 0 Å². The van der Waals surface area contributed by atoms with Crippen molar-refractivity contribution >= 4 is 31.0 Å². The van der Waals surface area contributed by atoms with Crippen molar-refractivity contribution in [1.29, 1.82) is 0 Å². The minimum Gasteiger partial charge on any atom is -0.383 e. The first kappa shape index (κ1) is 21.2. The van der Waals surface area contributed by atoms with Crippen LogP contribution in [0.1, 0.15) is 19.4 Å². The van der Waals surface area contributed by atoms with E-state index in [1.54, 1.807) is 50.4 Å². The molecular weight excluding hydrogens is 412 g/mol. The Morgan fingerprint density at radius 1 is 0.966 bits per heavy atom. The number of pyridine rings is 1. The standard InChI is InChI=1S/C20H22N2O5S2/c1-15(2)22(14-16-9-11-18(12-10-16)27-28(3,23)24)29(25,26)19-8-4-6-17-7-5-13-21-20(17)19/h4-13,15H,14H2,1-3H3. The molecule has 1 aromatic heterocycles. The van der Waals surface area contributed by atoms with Crippen molar-refractivity contribution in [2.45, 2.75) is 31.3 Å². The molecule has 0 amide bonds. The number of para-hydroxylation sites is 1. The third-order valence-corrected chi connectivity index (χ3v) is 6.82. The van der Waals surface area contributed by atoms with E-state index in [-0.39, 0.29) is 23.2 Å². The van der Waals surface area contributed by atoms with E-state index < -0.39 is 20.1 Å². The Bertz CT molecular complexity index is 1220. The van der Waals surface area contributed by atoms with E-state index in [1.165, 1.54) is 16.4 Å². The fraction of sp³-hybridized carbons (Fsp3) is 0.250. The molecule has 154 valence electrons. The molecule has 0 fully saturated rings. The van der Waals surface area contributed by atoms with Gasteiger partial charge in [-0.2, -0.15) is 12.7 Å². The lowest BCUT2D eigenvalue weighted by molar-refractivity contribution is 0.348. The first-order valence-electron chi connectivity index (χ1n) is 8.92. The SMILES string of the molecule is CC(C)N(Cc1ccc(OS(C)(=O)=O)cc1)S(=O)(=O)c1cccc2cccnc12. The van der Waals surface area contributed by atoms with Crippen molar-refractivity contribution in [2.24, 2.45) is 0 Å². The maximum absolute atomic E-state index is 13.4. The minimum atomic E-state index is -3.82. The highest BCUT2D eigenvalue weighted by Crippen LogP contribution is 2.27. The lowest BCUT2D eigenvalue weighted by Crippen LogP contribution is -2.36. The lowest BCUT2D eigenvalue weighted by atomic mass is 10.2. The molecule has 0 aliphatic rings. The van der Waals surface area contributed by atoms with E-state index in [0.717, 1.165) is 11.6 Å². The van der Waals surface area contributed by atoms with Crippen molar-refractivity contribution in [3.63, 3.8) is 0 Å². The van der Waals surface area contributed by atoms with Crippen molar-refractivity contribution < 1.29 is 21.0 Å². The predicted octanol–water partition coefficient (Wildman–Crippen LogP) is 3.17. The van der Waals surface area contributed by atoms with Crippen molar-refractivity contribution in [1.82, 2.24) is 9.29 Å². The summed E-state index contributed by atoms with van der Waals surface area (Å²) >= 11 is 0. The minimum absolute atomic E-state index is 0.127. The number of nitrogens with zero attached hydrogens (tertiary/aromatic N) is 2. The van der Waals surface area contributed by atoms with E-state index in [4.69, 9.17) is 4.18 Å². The number of rotatable bonds is 7. The largest absolute Gasteiger partial charge is 0.383 e. The van der Waals surface area contributed by atoms with Gasteiger partial charge in [-0.05, 0) is 43.7 Å². The van der Waals surface area contributed by atoms with Gasteiger partial charge in [-0.15, -0.1) is 0 Å². The Morgan fingerprint density at radius 3 is 2.24 bits per heavy atom. The molecule has 0 aliphatic heterocycles. The highest BCUT2D eigenvalue weighted by molar-refractivity contribution is 7.89. The number of benzene rings is 2. The molecular formula is C20H22N2O5S2. The van der Waals surface area contributed by atoms with E-state index >= 15 is 0 Å². The second-order valence-electron chi connectivity index (χ2n) is 6.91. The zero-order valence-corrected chi connectivity index (χ0v) is 17.9. The summed E-state index contributed by atoms with van der Waals surface area (Å²) in [5.41, 5.74) is 1.13. The monoisotopic (exact) mass is 434 g/mol. The van der Waals surface area contributed by atoms with Crippen molar-refractivity contribution in [3.8, 4) is 5.75 Å². The van der Waals surface area contributed by atoms with Gasteiger partial charge in [0.2, 0.25) is 10.0 Å². The molecule has 7 nitrogen and oxygen atoms in total. The quantitative estimate of drug-likeness (QED) is 0.530. The first-order valence-corrected chi connectivity index (χ1v) is 12.2. The molecule has 0 N–H and O–H groups in total. The van der Waals surface area contributed by atoms with Crippen molar-refractivity contribution in [2.75, 3.05) is 6.26 Å². The van der Waals surface area contributed by atoms with Gasteiger partial charge in [-0.3, -0.25) is 4.98 Å². The maximum Gasteiger partial charge on any atom is 0.306 e. The summed E-state index contributed by atoms with van der Waals surface area (Å²) in [7, 11) is -7.44. The van der Waals surface area contributed by atoms with Crippen LogP contribution in [0.15, 0.2) is 65.7 Å². The molecule has 3 rings (SSSR count). The van der Waals surface area contributed by atoms with Gasteiger partial charge in [0, 0.05) is 24.2 Å². The lowest BCUT2D eigenvalue weighted by Gasteiger charge is -2.26. The highest BCUT2D eigenvalue weighted by atomic mass is 32.2. The average molecular weight is 435 g/mol. The summed E-state index contributed by atoms with van der Waals surface area (Å²) in [6.07, 6.45) is 2.54. The van der Waals surface area contributed by atoms with Crippen LogP contribution in [0.3, 0.4) is 0 Å². The molecule has 0 aliphatic carbocycles. The summed E-state index contributed by atoms with van der Waals surface area (Å²) in [6.45, 7) is 3.73. The Hall–Kier alpha value is -2.49. The predicted molar refractivity (Wildman–Crippen MR) is 112 cm³/mol. The van der Waals surface area contributed by atoms with E-state index in [2.05, 4.69) is 4.98 Å². The molecule has 2 aromatic carbocycles. The third-order valence-electron chi connectivity index (χ3n) is 4.27. The normalized spacial score (nSPS) is 12.6. The highest BCUT2D eigenvalue weighted by Gasteiger charge is 2.29. The Labute approximate surface area is 171 Å². The van der Waals surface area contributed by atoms with Crippen LogP contribution in [-0.2, 0) is 26.7 Å². The van der Waals surface area contributed by atoms with E-state index in [1.807, 2.05) is 12.1 Å². The van der Waals surface area contributed by atoms with Crippen LogP contribution in [-0.4, -0.2) is 38.4 Å². The van der Waals surface area contributed by atoms with Gasteiger partial charge in [0.05, 0.1) is 11.8 Å². The van der Waals surface area contributed by atoms with Gasteiger partial charge in [-0.1, -0.05) is 30.3 Å². The molecule has 0 radical (unpaired) electrons. The van der Waals surface area contributed by atoms with Crippen LogP contribution in [0.4, 0.5) is 0 Å². The Morgan fingerprint density at radius 2 is 1.62 bits per heavy atom. The van der Waals surface area contributed by atoms with E-state index in [0.29, 0.717) is 11.1 Å². The zero-order valence-electron chi connectivity index (χ0n) is 16.3. The summed E-state index contributed by atoms with van der Waals surface area (Å²) < 4.78 is 55.5. The molecule has 3 aromatic rings. The third kappa shape index (κ3) is 4.92. The molecule has 0 saturated carbocycles. The summed E-state index contributed by atoms with van der Waals surface area (Å²) in [5, 5.41) is 0.750. The summed E-state index contributed by atoms with van der Waals surface area (Å²) in [4.78, 5) is 4.42. The van der Waals surface area contributed by atoms with Crippen LogP contribution < -0.4 is 4.18 Å². The molecule has 9 heteroatoms. The fourth-order valence-electron chi connectivity index (χ4n) is 2.96. The van der Waals surface area contributed by atoms with E-state index in [9.17, 15) is 16.8 Å². The molecule has 0 atom stereocenters. The van der Waals surface area contributed by atoms with Gasteiger partial charge in [0.15, 0.2) is 0 Å². The van der Waals surface area contributed by atoms with Gasteiger partial charge in [-0.25, -0.2) is 8.42 Å². The first-order chi connectivity index (χ1) is 13.6. The molecule has 1 heterocycles. The van der Waals surface area contributed by atoms with Gasteiger partial charge in [0.25, 0.3) is 0 Å². The van der Waals surface area contributed by atoms with Crippen LogP contribution in [0.2, 0.25) is 0 Å². The van der Waals surface area contributed by atoms with Crippen LogP contribution in [0.5, 0.6) is 5.75 Å². The second kappa shape index (κ2) is 8.10. The Kier molecular flexibility index (Phi) is 5.92. The smallest absolute Gasteiger partial charge is 0.306 e. The number of hydrogen-bond donors (Lipinski definition) is 0. The zero-order chi connectivity index (χ0) is 21.2. The number of sulfonamides is 1. The maximum atomic E-state index is 13.4. The molecule has 0 saturated heterocycles. The molecule has 29 heavy (non-hydrogen) atoms. The molecule has 0 unspecified atom stereocenters. The van der Waals surface area contributed by atoms with Gasteiger partial charge >= 0.3 is 10.1 Å². The number of hydrogen-bond acceptors (Lipinski definition) is 6. The fourth-order valence-corrected chi connectivity index (χ4v) is 5.21. The topological polar surface area (TPSA) is 93.6 Å². The van der Waals surface area contributed by atoms with Gasteiger partial charge < -0.3 is 4.18 Å². The van der Waals surface area contributed by atoms with Crippen LogP contribution in [0.25, 0.3) is 10.9 Å². The second-order valence-corrected chi connectivity index (χ2v) is 10.3. The van der Waals surface area contributed by atoms with Gasteiger partial charge in [0.1, 0.15) is 10.6 Å². The molecule has 0 bridgehead atoms. The Balaban J connectivity index is 1.95. The van der Waals surface area contributed by atoms with Crippen molar-refractivity contribution in [3.05, 3.63) is 66.4 Å². The average Bonchev–Trinajstić information content (AvgIpc) is 2.65. The van der Waals surface area contributed by atoms with Crippen LogP contribution >= 0.6 is 0 Å².